The summed E-state index contributed by atoms with van der Waals surface area (Å²) < 4.78 is 26.2. The summed E-state index contributed by atoms with van der Waals surface area (Å²) in [6, 6.07) is 4.97. The predicted molar refractivity (Wildman–Crippen MR) is 82.0 cm³/mol. The molecule has 1 aliphatic rings. The second-order valence-corrected chi connectivity index (χ2v) is 6.31. The number of nitrogens with one attached hydrogen (secondary N) is 1. The number of carbonyl (C=O) groups excluding carboxylic acids is 1. The summed E-state index contributed by atoms with van der Waals surface area (Å²) in [4.78, 5) is 15.6. The highest BCUT2D eigenvalue weighted by Crippen LogP contribution is 2.23. The molecule has 116 valence electrons. The van der Waals surface area contributed by atoms with E-state index in [1.807, 2.05) is 0 Å². The van der Waals surface area contributed by atoms with E-state index in [0.717, 1.165) is 44.3 Å². The van der Waals surface area contributed by atoms with Crippen LogP contribution in [0.25, 0.3) is 0 Å². The fourth-order valence-electron chi connectivity index (χ4n) is 2.61. The lowest BCUT2D eigenvalue weighted by molar-refractivity contribution is 0.0946. The zero-order valence-electron chi connectivity index (χ0n) is 11.9. The van der Waals surface area contributed by atoms with Crippen molar-refractivity contribution in [1.82, 2.24) is 10.2 Å². The summed E-state index contributed by atoms with van der Waals surface area (Å²) in [5.74, 6) is -1.94. The van der Waals surface area contributed by atoms with Crippen LogP contribution >= 0.6 is 11.3 Å². The highest BCUT2D eigenvalue weighted by atomic mass is 32.1. The number of fused-ring (bicyclic) bond motifs is 1. The fraction of sp³-hybridized carbons (Fsp3) is 0.312. The Labute approximate surface area is 131 Å². The van der Waals surface area contributed by atoms with Gasteiger partial charge in [-0.15, -0.1) is 11.3 Å². The molecule has 0 saturated carbocycles. The maximum Gasteiger partial charge on any atom is 0.251 e. The number of amides is 1. The molecule has 0 aliphatic carbocycles. The molecule has 1 aromatic carbocycles. The Morgan fingerprint density at radius 1 is 1.27 bits per heavy atom. The Bertz CT molecular complexity index is 666. The molecule has 0 saturated heterocycles. The van der Waals surface area contributed by atoms with E-state index in [1.165, 1.54) is 10.4 Å². The first-order valence-corrected chi connectivity index (χ1v) is 8.01. The largest absolute Gasteiger partial charge is 0.351 e. The Morgan fingerprint density at radius 3 is 2.82 bits per heavy atom. The topological polar surface area (TPSA) is 32.3 Å². The summed E-state index contributed by atoms with van der Waals surface area (Å²) in [5, 5.41) is 4.81. The highest BCUT2D eigenvalue weighted by molar-refractivity contribution is 7.10. The van der Waals surface area contributed by atoms with Gasteiger partial charge in [-0.05, 0) is 35.6 Å². The Balaban J connectivity index is 1.50. The van der Waals surface area contributed by atoms with Gasteiger partial charge in [0.1, 0.15) is 11.6 Å². The van der Waals surface area contributed by atoms with Crippen LogP contribution in [0.2, 0.25) is 0 Å². The first-order valence-electron chi connectivity index (χ1n) is 7.14. The van der Waals surface area contributed by atoms with Gasteiger partial charge in [0.05, 0.1) is 0 Å². The first-order chi connectivity index (χ1) is 10.6. The molecule has 0 atom stereocenters. The van der Waals surface area contributed by atoms with Gasteiger partial charge in [-0.1, -0.05) is 0 Å². The van der Waals surface area contributed by atoms with Crippen LogP contribution in [0.15, 0.2) is 29.6 Å². The molecular weight excluding hydrogens is 306 g/mol. The lowest BCUT2D eigenvalue weighted by Gasteiger charge is -2.26. The molecule has 0 unspecified atom stereocenters. The summed E-state index contributed by atoms with van der Waals surface area (Å²) >= 11 is 1.79. The van der Waals surface area contributed by atoms with Crippen molar-refractivity contribution in [2.45, 2.75) is 13.0 Å². The molecular formula is C16H16F2N2OS. The summed E-state index contributed by atoms with van der Waals surface area (Å²) in [5.41, 5.74) is 1.37. The SMILES string of the molecule is O=C(NCCN1CCc2sccc2C1)c1cc(F)cc(F)c1. The molecule has 0 radical (unpaired) electrons. The van der Waals surface area contributed by atoms with Gasteiger partial charge in [0.25, 0.3) is 5.91 Å². The lowest BCUT2D eigenvalue weighted by Crippen LogP contribution is -2.37. The smallest absolute Gasteiger partial charge is 0.251 e. The van der Waals surface area contributed by atoms with E-state index >= 15 is 0 Å². The van der Waals surface area contributed by atoms with Gasteiger partial charge in [-0.3, -0.25) is 9.69 Å². The van der Waals surface area contributed by atoms with Crippen molar-refractivity contribution in [3.8, 4) is 0 Å². The van der Waals surface area contributed by atoms with Gasteiger partial charge >= 0.3 is 0 Å². The molecule has 3 rings (SSSR count). The number of thiophene rings is 1. The van der Waals surface area contributed by atoms with Crippen LogP contribution in [0, 0.1) is 11.6 Å². The van der Waals surface area contributed by atoms with Crippen molar-refractivity contribution in [2.24, 2.45) is 0 Å². The zero-order valence-corrected chi connectivity index (χ0v) is 12.8. The second kappa shape index (κ2) is 6.54. The van der Waals surface area contributed by atoms with E-state index in [1.54, 1.807) is 11.3 Å². The summed E-state index contributed by atoms with van der Waals surface area (Å²) in [6.45, 7) is 3.04. The molecule has 1 amide bonds. The van der Waals surface area contributed by atoms with Crippen molar-refractivity contribution in [3.05, 3.63) is 57.3 Å². The number of benzene rings is 1. The van der Waals surface area contributed by atoms with Crippen LogP contribution in [-0.4, -0.2) is 30.4 Å². The van der Waals surface area contributed by atoms with Crippen LogP contribution in [0.4, 0.5) is 8.78 Å². The summed E-state index contributed by atoms with van der Waals surface area (Å²) in [6.07, 6.45) is 1.04. The Kier molecular flexibility index (Phi) is 4.49. The van der Waals surface area contributed by atoms with Crippen LogP contribution < -0.4 is 5.32 Å². The van der Waals surface area contributed by atoms with Gasteiger partial charge in [-0.25, -0.2) is 8.78 Å². The molecule has 1 N–H and O–H groups in total. The monoisotopic (exact) mass is 322 g/mol. The number of carbonyl (C=O) groups is 1. The third-order valence-corrected chi connectivity index (χ3v) is 4.75. The van der Waals surface area contributed by atoms with Crippen LogP contribution in [-0.2, 0) is 13.0 Å². The van der Waals surface area contributed by atoms with Crippen molar-refractivity contribution in [3.63, 3.8) is 0 Å². The molecule has 3 nitrogen and oxygen atoms in total. The summed E-state index contributed by atoms with van der Waals surface area (Å²) in [7, 11) is 0. The van der Waals surface area contributed by atoms with Gasteiger partial charge in [0.2, 0.25) is 0 Å². The second-order valence-electron chi connectivity index (χ2n) is 5.31. The van der Waals surface area contributed by atoms with E-state index in [2.05, 4.69) is 21.7 Å². The molecule has 1 aliphatic heterocycles. The number of hydrogen-bond donors (Lipinski definition) is 1. The molecule has 0 spiro atoms. The van der Waals surface area contributed by atoms with Crippen molar-refractivity contribution >= 4 is 17.2 Å². The average molecular weight is 322 g/mol. The fourth-order valence-corrected chi connectivity index (χ4v) is 3.50. The molecule has 2 heterocycles. The molecule has 6 heteroatoms. The third kappa shape index (κ3) is 3.51. The molecule has 0 bridgehead atoms. The van der Waals surface area contributed by atoms with Crippen molar-refractivity contribution < 1.29 is 13.6 Å². The first kappa shape index (κ1) is 15.1. The minimum Gasteiger partial charge on any atom is -0.351 e. The normalized spacial score (nSPS) is 14.6. The number of rotatable bonds is 4. The van der Waals surface area contributed by atoms with Gasteiger partial charge in [-0.2, -0.15) is 0 Å². The highest BCUT2D eigenvalue weighted by Gasteiger charge is 2.17. The quantitative estimate of drug-likeness (QED) is 0.939. The Hall–Kier alpha value is -1.79. The van der Waals surface area contributed by atoms with Crippen LogP contribution in [0.3, 0.4) is 0 Å². The van der Waals surface area contributed by atoms with Crippen molar-refractivity contribution in [1.29, 1.82) is 0 Å². The maximum absolute atomic E-state index is 13.1. The zero-order chi connectivity index (χ0) is 15.5. The van der Waals surface area contributed by atoms with E-state index in [-0.39, 0.29) is 5.56 Å². The van der Waals surface area contributed by atoms with E-state index < -0.39 is 17.5 Å². The number of nitrogens with zero attached hydrogens (tertiary/aromatic N) is 1. The van der Waals surface area contributed by atoms with E-state index in [9.17, 15) is 13.6 Å². The molecule has 1 aromatic heterocycles. The molecule has 22 heavy (non-hydrogen) atoms. The molecule has 2 aromatic rings. The van der Waals surface area contributed by atoms with E-state index in [0.29, 0.717) is 6.54 Å². The van der Waals surface area contributed by atoms with Gasteiger partial charge in [0, 0.05) is 42.7 Å². The average Bonchev–Trinajstić information content (AvgIpc) is 2.93. The van der Waals surface area contributed by atoms with Crippen molar-refractivity contribution in [2.75, 3.05) is 19.6 Å². The minimum absolute atomic E-state index is 0.0104. The number of halogens is 2. The van der Waals surface area contributed by atoms with Crippen LogP contribution in [0.1, 0.15) is 20.8 Å². The van der Waals surface area contributed by atoms with Gasteiger partial charge in [0.15, 0.2) is 0 Å². The minimum atomic E-state index is -0.744. The standard InChI is InChI=1S/C16H16F2N2OS/c17-13-7-12(8-14(18)9-13)16(21)19-3-5-20-4-1-15-11(10-20)2-6-22-15/h2,6-9H,1,3-5,10H2,(H,19,21). The lowest BCUT2D eigenvalue weighted by atomic mass is 10.1. The third-order valence-electron chi connectivity index (χ3n) is 3.73. The number of hydrogen-bond acceptors (Lipinski definition) is 3. The van der Waals surface area contributed by atoms with Crippen LogP contribution in [0.5, 0.6) is 0 Å². The predicted octanol–water partition coefficient (Wildman–Crippen LogP) is 2.81. The Morgan fingerprint density at radius 2 is 2.05 bits per heavy atom. The molecule has 0 fully saturated rings. The van der Waals surface area contributed by atoms with Gasteiger partial charge < -0.3 is 5.32 Å². The van der Waals surface area contributed by atoms with E-state index in [4.69, 9.17) is 0 Å². The maximum atomic E-state index is 13.1.